The lowest BCUT2D eigenvalue weighted by molar-refractivity contribution is 0.154. The van der Waals surface area contributed by atoms with Crippen molar-refractivity contribution in [1.29, 1.82) is 5.26 Å². The highest BCUT2D eigenvalue weighted by atomic mass is 15.2. The molecule has 1 fully saturated rings. The van der Waals surface area contributed by atoms with Crippen LogP contribution in [0.2, 0.25) is 0 Å². The Kier molecular flexibility index (Phi) is 5.54. The standard InChI is InChI=1S/C16H24N4/c1-14(16-5-3-4-15(12-16)13-17)18-6-7-20-10-8-19(2)9-11-20/h3-5,12,14,18H,6-11H2,1-2H3. The zero-order chi connectivity index (χ0) is 14.4. The zero-order valence-electron chi connectivity index (χ0n) is 12.5. The predicted octanol–water partition coefficient (Wildman–Crippen LogP) is 1.46. The van der Waals surface area contributed by atoms with Crippen molar-refractivity contribution < 1.29 is 0 Å². The molecule has 0 aliphatic carbocycles. The van der Waals surface area contributed by atoms with Crippen molar-refractivity contribution in [2.75, 3.05) is 46.3 Å². The van der Waals surface area contributed by atoms with Gasteiger partial charge in [-0.25, -0.2) is 0 Å². The van der Waals surface area contributed by atoms with Crippen molar-refractivity contribution in [3.8, 4) is 6.07 Å². The van der Waals surface area contributed by atoms with E-state index in [0.717, 1.165) is 31.7 Å². The Morgan fingerprint density at radius 3 is 2.75 bits per heavy atom. The molecule has 1 N–H and O–H groups in total. The molecule has 0 spiro atoms. The van der Waals surface area contributed by atoms with Gasteiger partial charge in [-0.1, -0.05) is 12.1 Å². The number of benzene rings is 1. The van der Waals surface area contributed by atoms with Gasteiger partial charge in [-0.15, -0.1) is 0 Å². The largest absolute Gasteiger partial charge is 0.309 e. The van der Waals surface area contributed by atoms with Crippen molar-refractivity contribution in [2.45, 2.75) is 13.0 Å². The van der Waals surface area contributed by atoms with E-state index in [1.165, 1.54) is 18.7 Å². The van der Waals surface area contributed by atoms with Crippen LogP contribution in [0, 0.1) is 11.3 Å². The summed E-state index contributed by atoms with van der Waals surface area (Å²) in [4.78, 5) is 4.88. The number of likely N-dealkylation sites (N-methyl/N-ethyl adjacent to an activating group) is 1. The molecule has 0 radical (unpaired) electrons. The fraction of sp³-hybridized carbons (Fsp3) is 0.562. The molecule has 20 heavy (non-hydrogen) atoms. The molecule has 1 heterocycles. The highest BCUT2D eigenvalue weighted by Crippen LogP contribution is 2.13. The van der Waals surface area contributed by atoms with Crippen molar-refractivity contribution in [1.82, 2.24) is 15.1 Å². The SMILES string of the molecule is CC(NCCN1CCN(C)CC1)c1cccc(C#N)c1. The minimum atomic E-state index is 0.288. The van der Waals surface area contributed by atoms with E-state index in [2.05, 4.69) is 41.2 Å². The van der Waals surface area contributed by atoms with Gasteiger partial charge in [0.05, 0.1) is 11.6 Å². The lowest BCUT2D eigenvalue weighted by Gasteiger charge is -2.32. The van der Waals surface area contributed by atoms with Crippen molar-refractivity contribution in [3.63, 3.8) is 0 Å². The van der Waals surface area contributed by atoms with E-state index in [1.807, 2.05) is 18.2 Å². The van der Waals surface area contributed by atoms with Crippen LogP contribution in [0.25, 0.3) is 0 Å². The van der Waals surface area contributed by atoms with Crippen molar-refractivity contribution >= 4 is 0 Å². The summed E-state index contributed by atoms with van der Waals surface area (Å²) in [7, 11) is 2.18. The molecule has 1 aliphatic rings. The normalized spacial score (nSPS) is 18.6. The molecule has 0 bridgehead atoms. The summed E-state index contributed by atoms with van der Waals surface area (Å²) in [6.45, 7) is 8.89. The van der Waals surface area contributed by atoms with Gasteiger partial charge >= 0.3 is 0 Å². The van der Waals surface area contributed by atoms with Gasteiger partial charge in [-0.05, 0) is 31.7 Å². The third kappa shape index (κ3) is 4.31. The first kappa shape index (κ1) is 15.0. The first-order valence-electron chi connectivity index (χ1n) is 7.33. The first-order chi connectivity index (χ1) is 9.69. The summed E-state index contributed by atoms with van der Waals surface area (Å²) in [5.74, 6) is 0. The second-order valence-electron chi connectivity index (χ2n) is 5.56. The average molecular weight is 272 g/mol. The Bertz CT molecular complexity index is 458. The summed E-state index contributed by atoms with van der Waals surface area (Å²) < 4.78 is 0. The summed E-state index contributed by atoms with van der Waals surface area (Å²) >= 11 is 0. The Morgan fingerprint density at radius 1 is 1.30 bits per heavy atom. The molecule has 4 heteroatoms. The average Bonchev–Trinajstić information content (AvgIpc) is 2.49. The van der Waals surface area contributed by atoms with Gasteiger partial charge in [-0.3, -0.25) is 4.90 Å². The van der Waals surface area contributed by atoms with Crippen LogP contribution in [0.4, 0.5) is 0 Å². The van der Waals surface area contributed by atoms with E-state index >= 15 is 0 Å². The van der Waals surface area contributed by atoms with E-state index in [9.17, 15) is 0 Å². The quantitative estimate of drug-likeness (QED) is 0.881. The highest BCUT2D eigenvalue weighted by molar-refractivity contribution is 5.33. The van der Waals surface area contributed by atoms with Gasteiger partial charge < -0.3 is 10.2 Å². The van der Waals surface area contributed by atoms with Gasteiger partial charge in [0, 0.05) is 45.3 Å². The monoisotopic (exact) mass is 272 g/mol. The topological polar surface area (TPSA) is 42.3 Å². The maximum atomic E-state index is 8.93. The summed E-state index contributed by atoms with van der Waals surface area (Å²) in [6, 6.07) is 10.3. The summed E-state index contributed by atoms with van der Waals surface area (Å²) in [5.41, 5.74) is 1.91. The smallest absolute Gasteiger partial charge is 0.0991 e. The fourth-order valence-electron chi connectivity index (χ4n) is 2.51. The third-order valence-corrected chi connectivity index (χ3v) is 3.99. The molecule has 1 saturated heterocycles. The third-order valence-electron chi connectivity index (χ3n) is 3.99. The number of nitrogens with zero attached hydrogens (tertiary/aromatic N) is 3. The van der Waals surface area contributed by atoms with Gasteiger partial charge in [-0.2, -0.15) is 5.26 Å². The highest BCUT2D eigenvalue weighted by Gasteiger charge is 2.13. The number of rotatable bonds is 5. The lowest BCUT2D eigenvalue weighted by Crippen LogP contribution is -2.46. The minimum absolute atomic E-state index is 0.288. The van der Waals surface area contributed by atoms with E-state index in [0.29, 0.717) is 0 Å². The molecule has 0 amide bonds. The molecule has 1 aromatic carbocycles. The van der Waals surface area contributed by atoms with Crippen LogP contribution >= 0.6 is 0 Å². The molecule has 0 aromatic heterocycles. The van der Waals surface area contributed by atoms with Gasteiger partial charge in [0.25, 0.3) is 0 Å². The molecule has 0 saturated carbocycles. The molecular weight excluding hydrogens is 248 g/mol. The van der Waals surface area contributed by atoms with E-state index < -0.39 is 0 Å². The van der Waals surface area contributed by atoms with Crippen LogP contribution in [0.5, 0.6) is 0 Å². The van der Waals surface area contributed by atoms with Crippen molar-refractivity contribution in [3.05, 3.63) is 35.4 Å². The van der Waals surface area contributed by atoms with Gasteiger partial charge in [0.2, 0.25) is 0 Å². The zero-order valence-corrected chi connectivity index (χ0v) is 12.5. The van der Waals surface area contributed by atoms with Crippen LogP contribution in [0.1, 0.15) is 24.1 Å². The Hall–Kier alpha value is -1.41. The van der Waals surface area contributed by atoms with Gasteiger partial charge in [0.1, 0.15) is 0 Å². The number of hydrogen-bond donors (Lipinski definition) is 1. The second kappa shape index (κ2) is 7.39. The molecule has 1 aliphatic heterocycles. The number of piperazine rings is 1. The second-order valence-corrected chi connectivity index (χ2v) is 5.56. The number of nitriles is 1. The van der Waals surface area contributed by atoms with Crippen LogP contribution in [-0.2, 0) is 0 Å². The maximum absolute atomic E-state index is 8.93. The molecule has 1 unspecified atom stereocenters. The Balaban J connectivity index is 1.74. The van der Waals surface area contributed by atoms with Crippen LogP contribution in [0.3, 0.4) is 0 Å². The number of hydrogen-bond acceptors (Lipinski definition) is 4. The number of nitrogens with one attached hydrogen (secondary N) is 1. The van der Waals surface area contributed by atoms with Crippen molar-refractivity contribution in [2.24, 2.45) is 0 Å². The summed E-state index contributed by atoms with van der Waals surface area (Å²) in [6.07, 6.45) is 0. The molecule has 108 valence electrons. The maximum Gasteiger partial charge on any atom is 0.0991 e. The predicted molar refractivity (Wildman–Crippen MR) is 81.5 cm³/mol. The van der Waals surface area contributed by atoms with E-state index in [-0.39, 0.29) is 6.04 Å². The van der Waals surface area contributed by atoms with E-state index in [4.69, 9.17) is 5.26 Å². The molecule has 1 atom stereocenters. The molecule has 1 aromatic rings. The Morgan fingerprint density at radius 2 is 2.05 bits per heavy atom. The molecule has 2 rings (SSSR count). The van der Waals surface area contributed by atoms with Crippen LogP contribution < -0.4 is 5.32 Å². The first-order valence-corrected chi connectivity index (χ1v) is 7.33. The van der Waals surface area contributed by atoms with E-state index in [1.54, 1.807) is 0 Å². The Labute approximate surface area is 122 Å². The van der Waals surface area contributed by atoms with Gasteiger partial charge in [0.15, 0.2) is 0 Å². The lowest BCUT2D eigenvalue weighted by atomic mass is 10.1. The molecule has 4 nitrogen and oxygen atoms in total. The van der Waals surface area contributed by atoms with Crippen LogP contribution in [-0.4, -0.2) is 56.1 Å². The van der Waals surface area contributed by atoms with Crippen LogP contribution in [0.15, 0.2) is 24.3 Å². The summed E-state index contributed by atoms with van der Waals surface area (Å²) in [5, 5.41) is 12.5. The fourth-order valence-corrected chi connectivity index (χ4v) is 2.51. The minimum Gasteiger partial charge on any atom is -0.309 e. The molecular formula is C16H24N4.